The number of aromatic nitrogens is 1. The topological polar surface area (TPSA) is 102 Å². The minimum atomic E-state index is -3.96. The van der Waals surface area contributed by atoms with Crippen LogP contribution in [0.3, 0.4) is 0 Å². The molecule has 0 aliphatic rings. The van der Waals surface area contributed by atoms with Crippen LogP contribution in [0.4, 0.5) is 0 Å². The molecule has 0 bridgehead atoms. The number of hydrogen-bond acceptors (Lipinski definition) is 2. The molecular weight excluding hydrogens is 339 g/mol. The summed E-state index contributed by atoms with van der Waals surface area (Å²) < 4.78 is 12.7. The summed E-state index contributed by atoms with van der Waals surface area (Å²) in [5.41, 5.74) is 0.151. The van der Waals surface area contributed by atoms with E-state index in [9.17, 15) is 19.4 Å². The predicted molar refractivity (Wildman–Crippen MR) is 96.4 cm³/mol. The zero-order chi connectivity index (χ0) is 18.1. The zero-order valence-corrected chi connectivity index (χ0v) is 14.5. The summed E-state index contributed by atoms with van der Waals surface area (Å²) in [5.74, 6) is -1.22. The molecule has 0 aliphatic carbocycles. The minimum absolute atomic E-state index is 0.153. The van der Waals surface area contributed by atoms with Crippen molar-refractivity contribution in [2.24, 2.45) is 0 Å². The summed E-state index contributed by atoms with van der Waals surface area (Å²) in [7, 11) is -3.96. The lowest BCUT2D eigenvalue weighted by molar-refractivity contribution is -0.143. The number of H-pyrrole nitrogens is 1. The van der Waals surface area contributed by atoms with Crippen molar-refractivity contribution in [3.8, 4) is 0 Å². The second kappa shape index (κ2) is 6.48. The summed E-state index contributed by atoms with van der Waals surface area (Å²) in [6.45, 7) is 1.41. The van der Waals surface area contributed by atoms with Gasteiger partial charge in [0.2, 0.25) is 0 Å². The van der Waals surface area contributed by atoms with Crippen molar-refractivity contribution in [3.63, 3.8) is 0 Å². The molecule has 0 spiro atoms. The quantitative estimate of drug-likeness (QED) is 0.506. The molecule has 2 atom stereocenters. The molecule has 4 N–H and O–H groups in total. The lowest BCUT2D eigenvalue weighted by Crippen LogP contribution is -2.45. The molecule has 0 saturated heterocycles. The molecule has 0 aliphatic heterocycles. The van der Waals surface area contributed by atoms with Gasteiger partial charge in [-0.2, -0.15) is 0 Å². The molecule has 0 amide bonds. The molecule has 7 heteroatoms. The van der Waals surface area contributed by atoms with Crippen LogP contribution in [-0.2, 0) is 21.1 Å². The summed E-state index contributed by atoms with van der Waals surface area (Å²) in [6, 6.07) is 15.8. The smallest absolute Gasteiger partial charge is 0.328 e. The first-order valence-electron chi connectivity index (χ1n) is 7.77. The first kappa shape index (κ1) is 17.4. The van der Waals surface area contributed by atoms with E-state index < -0.39 is 19.0 Å². The third kappa shape index (κ3) is 3.51. The fourth-order valence-electron chi connectivity index (χ4n) is 2.96. The van der Waals surface area contributed by atoms with Crippen LogP contribution in [-0.4, -0.2) is 21.0 Å². The van der Waals surface area contributed by atoms with Gasteiger partial charge < -0.3 is 15.0 Å². The Hall–Kier alpha value is -2.40. The molecule has 25 heavy (non-hydrogen) atoms. The van der Waals surface area contributed by atoms with E-state index in [0.717, 1.165) is 5.52 Å². The molecule has 3 aromatic rings. The summed E-state index contributed by atoms with van der Waals surface area (Å²) >= 11 is 0. The van der Waals surface area contributed by atoms with Gasteiger partial charge in [-0.05, 0) is 30.2 Å². The number of carbonyl (C=O) groups is 1. The lowest BCUT2D eigenvalue weighted by Gasteiger charge is -2.30. The molecule has 0 radical (unpaired) electrons. The summed E-state index contributed by atoms with van der Waals surface area (Å²) in [4.78, 5) is 25.4. The van der Waals surface area contributed by atoms with E-state index in [-0.39, 0.29) is 6.16 Å². The molecule has 1 aromatic heterocycles. The van der Waals surface area contributed by atoms with E-state index in [1.165, 1.54) is 6.92 Å². The number of fused-ring (bicyclic) bond motifs is 1. The Bertz CT molecular complexity index is 954. The largest absolute Gasteiger partial charge is 0.480 e. The number of benzene rings is 2. The number of carboxylic acid groups (broad SMARTS) is 1. The average molecular weight is 358 g/mol. The highest BCUT2D eigenvalue weighted by molar-refractivity contribution is 7.55. The Labute approximate surface area is 145 Å². The van der Waals surface area contributed by atoms with Crippen molar-refractivity contribution in [1.82, 2.24) is 10.1 Å². The van der Waals surface area contributed by atoms with Crippen molar-refractivity contribution in [1.29, 1.82) is 0 Å². The second-order valence-electron chi connectivity index (χ2n) is 6.13. The van der Waals surface area contributed by atoms with Crippen molar-refractivity contribution in [2.45, 2.75) is 18.6 Å². The van der Waals surface area contributed by atoms with Gasteiger partial charge in [-0.15, -0.1) is 0 Å². The Morgan fingerprint density at radius 2 is 1.88 bits per heavy atom. The first-order chi connectivity index (χ1) is 11.8. The van der Waals surface area contributed by atoms with Crippen LogP contribution < -0.4 is 5.09 Å². The molecule has 1 heterocycles. The van der Waals surface area contributed by atoms with E-state index in [0.29, 0.717) is 16.5 Å². The van der Waals surface area contributed by atoms with Gasteiger partial charge in [0, 0.05) is 17.1 Å². The van der Waals surface area contributed by atoms with Crippen molar-refractivity contribution in [3.05, 3.63) is 71.9 Å². The van der Waals surface area contributed by atoms with Crippen LogP contribution in [0.25, 0.3) is 10.9 Å². The number of aromatic amines is 1. The predicted octanol–water partition coefficient (Wildman–Crippen LogP) is 3.44. The maximum absolute atomic E-state index is 12.7. The molecular formula is C18H19N2O4P. The Morgan fingerprint density at radius 3 is 2.56 bits per heavy atom. The fraction of sp³-hybridized carbons (Fsp3) is 0.167. The van der Waals surface area contributed by atoms with E-state index in [1.54, 1.807) is 48.7 Å². The molecule has 2 aromatic carbocycles. The van der Waals surface area contributed by atoms with E-state index in [1.807, 2.05) is 12.1 Å². The van der Waals surface area contributed by atoms with Gasteiger partial charge in [0.25, 0.3) is 7.52 Å². The molecule has 2 unspecified atom stereocenters. The second-order valence-corrected chi connectivity index (χ2v) is 8.07. The summed E-state index contributed by atoms with van der Waals surface area (Å²) in [6.07, 6.45) is 1.55. The highest BCUT2D eigenvalue weighted by Gasteiger charge is 2.41. The van der Waals surface area contributed by atoms with Crippen LogP contribution >= 0.6 is 7.52 Å². The van der Waals surface area contributed by atoms with Crippen LogP contribution in [0, 0.1) is 0 Å². The highest BCUT2D eigenvalue weighted by atomic mass is 31.2. The van der Waals surface area contributed by atoms with E-state index in [2.05, 4.69) is 10.1 Å². The minimum Gasteiger partial charge on any atom is -0.480 e. The fourth-order valence-corrected chi connectivity index (χ4v) is 4.66. The van der Waals surface area contributed by atoms with Crippen LogP contribution in [0.1, 0.15) is 18.1 Å². The average Bonchev–Trinajstić information content (AvgIpc) is 3.03. The molecule has 6 nitrogen and oxygen atoms in total. The molecule has 0 saturated carbocycles. The number of carboxylic acids is 1. The third-order valence-corrected chi connectivity index (χ3v) is 5.79. The van der Waals surface area contributed by atoms with Crippen molar-refractivity contribution in [2.75, 3.05) is 0 Å². The monoisotopic (exact) mass is 358 g/mol. The van der Waals surface area contributed by atoms with Gasteiger partial charge in [0.1, 0.15) is 5.54 Å². The number of aliphatic carboxylic acids is 1. The van der Waals surface area contributed by atoms with E-state index >= 15 is 0 Å². The molecule has 3 rings (SSSR count). The first-order valence-corrected chi connectivity index (χ1v) is 9.61. The van der Waals surface area contributed by atoms with Gasteiger partial charge >= 0.3 is 5.97 Å². The SMILES string of the molecule is CC(NP(=O)(O)Cc1ccccc1)(C(=O)O)c1cccc2[nH]ccc12. The molecule has 130 valence electrons. The van der Waals surface area contributed by atoms with Gasteiger partial charge in [-0.3, -0.25) is 4.57 Å². The van der Waals surface area contributed by atoms with Gasteiger partial charge in [0.15, 0.2) is 0 Å². The van der Waals surface area contributed by atoms with Gasteiger partial charge in [-0.1, -0.05) is 42.5 Å². The Kier molecular flexibility index (Phi) is 4.52. The maximum atomic E-state index is 12.7. The van der Waals surface area contributed by atoms with Gasteiger partial charge in [0.05, 0.1) is 6.16 Å². The number of hydrogen-bond donors (Lipinski definition) is 4. The van der Waals surface area contributed by atoms with Crippen molar-refractivity contribution < 1.29 is 19.4 Å². The molecule has 0 fully saturated rings. The van der Waals surface area contributed by atoms with E-state index in [4.69, 9.17) is 0 Å². The van der Waals surface area contributed by atoms with Crippen LogP contribution in [0.5, 0.6) is 0 Å². The van der Waals surface area contributed by atoms with Crippen LogP contribution in [0.2, 0.25) is 0 Å². The zero-order valence-electron chi connectivity index (χ0n) is 13.6. The highest BCUT2D eigenvalue weighted by Crippen LogP contribution is 2.45. The number of nitrogens with one attached hydrogen (secondary N) is 2. The Morgan fingerprint density at radius 1 is 1.16 bits per heavy atom. The summed E-state index contributed by atoms with van der Waals surface area (Å²) in [5, 5.41) is 13.0. The van der Waals surface area contributed by atoms with Gasteiger partial charge in [-0.25, -0.2) is 9.88 Å². The van der Waals surface area contributed by atoms with Crippen LogP contribution in [0.15, 0.2) is 60.8 Å². The maximum Gasteiger partial charge on any atom is 0.328 e. The standard InChI is InChI=1S/C18H19N2O4P/c1-18(17(21)22,15-8-5-9-16-14(15)10-11-19-16)20-25(23,24)12-13-6-3-2-4-7-13/h2-11,19H,12H2,1H3,(H,21,22)(H2,20,23,24). The third-order valence-electron chi connectivity index (χ3n) is 4.20. The van der Waals surface area contributed by atoms with Crippen molar-refractivity contribution >= 4 is 24.4 Å². The lowest BCUT2D eigenvalue weighted by atomic mass is 9.90. The normalized spacial score (nSPS) is 16.2. The number of rotatable bonds is 6. The Balaban J connectivity index is 1.99.